The Morgan fingerprint density at radius 1 is 1.00 bits per heavy atom. The number of hydrogen-bond donors (Lipinski definition) is 0. The van der Waals surface area contributed by atoms with Crippen LogP contribution in [0.4, 0.5) is 0 Å². The van der Waals surface area contributed by atoms with Gasteiger partial charge in [-0.05, 0) is 42.5 Å². The van der Waals surface area contributed by atoms with Gasteiger partial charge in [0.2, 0.25) is 0 Å². The van der Waals surface area contributed by atoms with Crippen molar-refractivity contribution in [3.8, 4) is 23.0 Å². The van der Waals surface area contributed by atoms with E-state index in [1.807, 2.05) is 83.7 Å². The third-order valence-corrected chi connectivity index (χ3v) is 5.71. The molecule has 142 valence electrons. The van der Waals surface area contributed by atoms with Gasteiger partial charge in [0.15, 0.2) is 0 Å². The zero-order valence-corrected chi connectivity index (χ0v) is 16.6. The molecule has 3 aromatic heterocycles. The number of thiazole rings is 1. The number of hydrogen-bond acceptors (Lipinski definition) is 5. The van der Waals surface area contributed by atoms with Crippen molar-refractivity contribution < 1.29 is 0 Å². The Kier molecular flexibility index (Phi) is 4.64. The number of aromatic nitrogens is 4. The predicted molar refractivity (Wildman–Crippen MR) is 120 cm³/mol. The summed E-state index contributed by atoms with van der Waals surface area (Å²) in [7, 11) is 0. The first-order valence-electron chi connectivity index (χ1n) is 9.35. The van der Waals surface area contributed by atoms with Crippen LogP contribution >= 0.6 is 11.3 Å². The molecule has 0 aliphatic rings. The number of benzene rings is 2. The number of nitrogens with zero attached hydrogens (tertiary/aromatic N) is 5. The van der Waals surface area contributed by atoms with Gasteiger partial charge in [0, 0.05) is 29.7 Å². The molecular weight excluding hydrogens is 390 g/mol. The molecule has 5 nitrogen and oxygen atoms in total. The van der Waals surface area contributed by atoms with Crippen molar-refractivity contribution >= 4 is 33.2 Å². The first-order valence-corrected chi connectivity index (χ1v) is 10.2. The summed E-state index contributed by atoms with van der Waals surface area (Å²) in [5, 5.41) is 15.3. The minimum Gasteiger partial charge on any atom is -0.264 e. The van der Waals surface area contributed by atoms with Gasteiger partial charge >= 0.3 is 0 Å². The monoisotopic (exact) mass is 405 g/mol. The maximum Gasteiger partial charge on any atom is 0.135 e. The molecule has 0 radical (unpaired) electrons. The molecule has 0 aliphatic heterocycles. The Bertz CT molecular complexity index is 1360. The van der Waals surface area contributed by atoms with Crippen LogP contribution in [0.15, 0.2) is 85.3 Å². The lowest BCUT2D eigenvalue weighted by Gasteiger charge is -2.00. The molecule has 0 fully saturated rings. The fraction of sp³-hybridized carbons (Fsp3) is 0. The van der Waals surface area contributed by atoms with Crippen LogP contribution in [0.2, 0.25) is 0 Å². The molecule has 0 unspecified atom stereocenters. The summed E-state index contributed by atoms with van der Waals surface area (Å²) in [5.41, 5.74) is 4.84. The average Bonchev–Trinajstić information content (AvgIpc) is 3.43. The Labute approximate surface area is 177 Å². The first-order chi connectivity index (χ1) is 14.8. The van der Waals surface area contributed by atoms with Crippen LogP contribution in [0, 0.1) is 11.3 Å². The normalized spacial score (nSPS) is 11.5. The fourth-order valence-electron chi connectivity index (χ4n) is 3.22. The highest BCUT2D eigenvalue weighted by Crippen LogP contribution is 2.31. The highest BCUT2D eigenvalue weighted by molar-refractivity contribution is 7.19. The summed E-state index contributed by atoms with van der Waals surface area (Å²) < 4.78 is 2.88. The highest BCUT2D eigenvalue weighted by Gasteiger charge is 2.14. The lowest BCUT2D eigenvalue weighted by Crippen LogP contribution is -1.94. The summed E-state index contributed by atoms with van der Waals surface area (Å²) in [6, 6.07) is 23.9. The standard InChI is InChI=1S/C24H15N5S/c25-14-18(24-27-21-10-4-5-11-22(21)30-24)13-19-16-29(20-8-2-1-3-9-20)28-23(19)17-7-6-12-26-15-17/h1-13,15-16H. The van der Waals surface area contributed by atoms with Crippen LogP contribution in [-0.4, -0.2) is 19.7 Å². The SMILES string of the molecule is N#CC(=Cc1cn(-c2ccccc2)nc1-c1cccnc1)c1nc2ccccc2s1. The zero-order chi connectivity index (χ0) is 20.3. The molecule has 0 saturated heterocycles. The smallest absolute Gasteiger partial charge is 0.135 e. The van der Waals surface area contributed by atoms with Gasteiger partial charge in [0.25, 0.3) is 0 Å². The largest absolute Gasteiger partial charge is 0.264 e. The number of para-hydroxylation sites is 2. The van der Waals surface area contributed by atoms with E-state index in [-0.39, 0.29) is 0 Å². The molecule has 0 aliphatic carbocycles. The summed E-state index contributed by atoms with van der Waals surface area (Å²) in [6.07, 6.45) is 7.29. The van der Waals surface area contributed by atoms with Crippen LogP contribution in [-0.2, 0) is 0 Å². The predicted octanol–water partition coefficient (Wildman–Crippen LogP) is 5.61. The summed E-state index contributed by atoms with van der Waals surface area (Å²) in [6.45, 7) is 0. The molecule has 5 rings (SSSR count). The quantitative estimate of drug-likeness (QED) is 0.365. The van der Waals surface area contributed by atoms with Gasteiger partial charge < -0.3 is 0 Å². The van der Waals surface area contributed by atoms with Crippen molar-refractivity contribution in [1.29, 1.82) is 5.26 Å². The Morgan fingerprint density at radius 2 is 1.83 bits per heavy atom. The van der Waals surface area contributed by atoms with Crippen molar-refractivity contribution in [3.63, 3.8) is 0 Å². The molecular formula is C24H15N5S. The van der Waals surface area contributed by atoms with Crippen molar-refractivity contribution in [3.05, 3.63) is 95.9 Å². The van der Waals surface area contributed by atoms with Crippen LogP contribution < -0.4 is 0 Å². The van der Waals surface area contributed by atoms with E-state index >= 15 is 0 Å². The van der Waals surface area contributed by atoms with Gasteiger partial charge in [-0.1, -0.05) is 30.3 Å². The van der Waals surface area contributed by atoms with Gasteiger partial charge in [-0.25, -0.2) is 9.67 Å². The topological polar surface area (TPSA) is 67.4 Å². The average molecular weight is 405 g/mol. The molecule has 2 aromatic carbocycles. The fourth-order valence-corrected chi connectivity index (χ4v) is 4.15. The molecule has 0 N–H and O–H groups in total. The molecule has 0 amide bonds. The Morgan fingerprint density at radius 3 is 2.60 bits per heavy atom. The van der Waals surface area contributed by atoms with E-state index in [1.165, 1.54) is 11.3 Å². The van der Waals surface area contributed by atoms with Crippen molar-refractivity contribution in [2.24, 2.45) is 0 Å². The lowest BCUT2D eigenvalue weighted by atomic mass is 10.1. The molecule has 0 bridgehead atoms. The van der Waals surface area contributed by atoms with Crippen molar-refractivity contribution in [2.45, 2.75) is 0 Å². The maximum atomic E-state index is 9.86. The Balaban J connectivity index is 1.66. The molecule has 0 atom stereocenters. The number of allylic oxidation sites excluding steroid dienone is 1. The van der Waals surface area contributed by atoms with Gasteiger partial charge in [-0.15, -0.1) is 11.3 Å². The van der Waals surface area contributed by atoms with Crippen molar-refractivity contribution in [1.82, 2.24) is 19.7 Å². The second-order valence-electron chi connectivity index (χ2n) is 6.61. The second kappa shape index (κ2) is 7.74. The highest BCUT2D eigenvalue weighted by atomic mass is 32.1. The molecule has 0 saturated carbocycles. The number of nitriles is 1. The summed E-state index contributed by atoms with van der Waals surface area (Å²) in [4.78, 5) is 8.86. The zero-order valence-electron chi connectivity index (χ0n) is 15.8. The van der Waals surface area contributed by atoms with E-state index in [4.69, 9.17) is 5.10 Å². The molecule has 5 aromatic rings. The van der Waals surface area contributed by atoms with Gasteiger partial charge in [0.05, 0.1) is 21.5 Å². The Hall–Kier alpha value is -4.08. The van der Waals surface area contributed by atoms with E-state index in [2.05, 4.69) is 16.0 Å². The third kappa shape index (κ3) is 3.39. The number of pyridine rings is 1. The number of rotatable bonds is 4. The summed E-state index contributed by atoms with van der Waals surface area (Å²) in [5.74, 6) is 0. The minimum absolute atomic E-state index is 0.508. The van der Waals surface area contributed by atoms with Gasteiger partial charge in [-0.3, -0.25) is 4.98 Å². The number of fused-ring (bicyclic) bond motifs is 1. The van der Waals surface area contributed by atoms with E-state index < -0.39 is 0 Å². The molecule has 30 heavy (non-hydrogen) atoms. The minimum atomic E-state index is 0.508. The van der Waals surface area contributed by atoms with E-state index in [0.717, 1.165) is 32.7 Å². The molecule has 6 heteroatoms. The van der Waals surface area contributed by atoms with E-state index in [9.17, 15) is 5.26 Å². The van der Waals surface area contributed by atoms with Gasteiger partial charge in [0.1, 0.15) is 16.8 Å². The van der Waals surface area contributed by atoms with Crippen LogP contribution in [0.3, 0.4) is 0 Å². The maximum absolute atomic E-state index is 9.86. The lowest BCUT2D eigenvalue weighted by molar-refractivity contribution is 0.884. The van der Waals surface area contributed by atoms with E-state index in [1.54, 1.807) is 12.4 Å². The van der Waals surface area contributed by atoms with E-state index in [0.29, 0.717) is 10.6 Å². The summed E-state index contributed by atoms with van der Waals surface area (Å²) >= 11 is 1.51. The van der Waals surface area contributed by atoms with Crippen LogP contribution in [0.5, 0.6) is 0 Å². The van der Waals surface area contributed by atoms with Crippen LogP contribution in [0.1, 0.15) is 10.6 Å². The van der Waals surface area contributed by atoms with Crippen molar-refractivity contribution in [2.75, 3.05) is 0 Å². The first kappa shape index (κ1) is 18.0. The third-order valence-electron chi connectivity index (χ3n) is 4.64. The second-order valence-corrected chi connectivity index (χ2v) is 7.64. The molecule has 3 heterocycles. The van der Waals surface area contributed by atoms with Gasteiger partial charge in [-0.2, -0.15) is 10.4 Å². The molecule has 0 spiro atoms. The van der Waals surface area contributed by atoms with Crippen LogP contribution in [0.25, 0.3) is 38.8 Å².